The van der Waals surface area contributed by atoms with Gasteiger partial charge >= 0.3 is 5.97 Å². The van der Waals surface area contributed by atoms with Crippen LogP contribution in [0.1, 0.15) is 43.3 Å². The number of thiazole rings is 1. The number of aromatic nitrogens is 3. The van der Waals surface area contributed by atoms with Crippen molar-refractivity contribution >= 4 is 57.7 Å². The standard InChI is InChI=1S/C27H28N8O6S/c1-14-21(25(40)41)42-27(29-14)32-26-30-22(33-9-7-28-19(37)13-33)18-10-20(38)35(23(18)31-26)11-15-2-4-16(5-3-15)24(39)34-8-6-17(36)12-34/h2-5,17,36H,6-13H2,1H3,(H,28,37)(H,40,41)(H,29,30,31,32). The molecule has 2 aromatic heterocycles. The molecule has 0 bridgehead atoms. The highest BCUT2D eigenvalue weighted by molar-refractivity contribution is 7.17. The number of benzene rings is 1. The minimum atomic E-state index is -1.09. The summed E-state index contributed by atoms with van der Waals surface area (Å²) in [6.07, 6.45) is 0.112. The lowest BCUT2D eigenvalue weighted by Crippen LogP contribution is -2.48. The average Bonchev–Trinajstić information content (AvgIpc) is 3.65. The van der Waals surface area contributed by atoms with Gasteiger partial charge in [0.2, 0.25) is 17.8 Å². The van der Waals surface area contributed by atoms with Crippen LogP contribution in [0.15, 0.2) is 24.3 Å². The van der Waals surface area contributed by atoms with Gasteiger partial charge in [-0.25, -0.2) is 9.78 Å². The number of carbonyl (C=O) groups is 4. The number of likely N-dealkylation sites (tertiary alicyclic amines) is 1. The number of nitrogens with zero attached hydrogens (tertiary/aromatic N) is 6. The molecule has 0 aliphatic carbocycles. The van der Waals surface area contributed by atoms with Gasteiger partial charge in [0.25, 0.3) is 5.91 Å². The number of rotatable bonds is 7. The van der Waals surface area contributed by atoms with Gasteiger partial charge in [0.1, 0.15) is 16.5 Å². The lowest BCUT2D eigenvalue weighted by molar-refractivity contribution is -0.120. The average molecular weight is 593 g/mol. The fourth-order valence-electron chi connectivity index (χ4n) is 5.29. The molecule has 2 saturated heterocycles. The smallest absolute Gasteiger partial charge is 0.347 e. The largest absolute Gasteiger partial charge is 0.477 e. The van der Waals surface area contributed by atoms with E-state index < -0.39 is 12.1 Å². The van der Waals surface area contributed by atoms with Crippen LogP contribution in [0, 0.1) is 6.92 Å². The Morgan fingerprint density at radius 3 is 2.55 bits per heavy atom. The Hall–Kier alpha value is -4.63. The van der Waals surface area contributed by atoms with E-state index in [9.17, 15) is 29.4 Å². The number of aryl methyl sites for hydroxylation is 1. The summed E-state index contributed by atoms with van der Waals surface area (Å²) in [7, 11) is 0. The Morgan fingerprint density at radius 2 is 1.88 bits per heavy atom. The molecule has 15 heteroatoms. The van der Waals surface area contributed by atoms with Crippen molar-refractivity contribution in [3.05, 3.63) is 51.5 Å². The fourth-order valence-corrected chi connectivity index (χ4v) is 6.09. The molecular formula is C27H28N8O6S. The van der Waals surface area contributed by atoms with Crippen molar-refractivity contribution < 1.29 is 29.4 Å². The number of anilines is 4. The molecule has 3 aliphatic heterocycles. The van der Waals surface area contributed by atoms with Crippen molar-refractivity contribution in [3.8, 4) is 0 Å². The number of hydrogen-bond donors (Lipinski definition) is 4. The van der Waals surface area contributed by atoms with Crippen LogP contribution < -0.4 is 20.4 Å². The zero-order valence-electron chi connectivity index (χ0n) is 22.7. The lowest BCUT2D eigenvalue weighted by atomic mass is 10.1. The summed E-state index contributed by atoms with van der Waals surface area (Å²) in [4.78, 5) is 68.4. The Balaban J connectivity index is 1.30. The van der Waals surface area contributed by atoms with E-state index in [0.717, 1.165) is 16.9 Å². The first-order valence-corrected chi connectivity index (χ1v) is 14.2. The Kier molecular flexibility index (Phi) is 7.20. The number of fused-ring (bicyclic) bond motifs is 1. The van der Waals surface area contributed by atoms with Gasteiger partial charge in [-0.2, -0.15) is 9.97 Å². The van der Waals surface area contributed by atoms with Gasteiger partial charge in [-0.3, -0.25) is 24.6 Å². The molecule has 6 rings (SSSR count). The Morgan fingerprint density at radius 1 is 1.12 bits per heavy atom. The molecule has 0 radical (unpaired) electrons. The maximum Gasteiger partial charge on any atom is 0.347 e. The monoisotopic (exact) mass is 592 g/mol. The Labute approximate surface area is 244 Å². The van der Waals surface area contributed by atoms with E-state index in [2.05, 4.69) is 25.6 Å². The molecule has 4 N–H and O–H groups in total. The molecular weight excluding hydrogens is 564 g/mol. The highest BCUT2D eigenvalue weighted by atomic mass is 32.1. The number of amides is 3. The molecule has 0 saturated carbocycles. The van der Waals surface area contributed by atoms with Gasteiger partial charge in [0.15, 0.2) is 5.13 Å². The number of carbonyl (C=O) groups excluding carboxylic acids is 3. The maximum absolute atomic E-state index is 13.3. The molecule has 14 nitrogen and oxygen atoms in total. The second-order valence-corrected chi connectivity index (χ2v) is 11.4. The summed E-state index contributed by atoms with van der Waals surface area (Å²) < 4.78 is 0. The molecule has 3 amide bonds. The first-order chi connectivity index (χ1) is 20.2. The van der Waals surface area contributed by atoms with Gasteiger partial charge in [0.05, 0.1) is 31.3 Å². The topological polar surface area (TPSA) is 181 Å². The van der Waals surface area contributed by atoms with E-state index in [4.69, 9.17) is 0 Å². The van der Waals surface area contributed by atoms with Gasteiger partial charge in [-0.1, -0.05) is 23.5 Å². The highest BCUT2D eigenvalue weighted by Crippen LogP contribution is 2.37. The first kappa shape index (κ1) is 27.5. The summed E-state index contributed by atoms with van der Waals surface area (Å²) in [5, 5.41) is 25.2. The van der Waals surface area contributed by atoms with E-state index in [1.165, 1.54) is 0 Å². The van der Waals surface area contributed by atoms with Crippen LogP contribution in [-0.4, -0.2) is 92.6 Å². The van der Waals surface area contributed by atoms with Crippen molar-refractivity contribution in [2.75, 3.05) is 47.8 Å². The van der Waals surface area contributed by atoms with Crippen molar-refractivity contribution in [1.29, 1.82) is 0 Å². The third-order valence-electron chi connectivity index (χ3n) is 7.39. The number of β-amino-alcohol motifs (C(OH)–C–C–N with tert-alkyl or cyclic N) is 1. The fraction of sp³-hybridized carbons (Fsp3) is 0.370. The summed E-state index contributed by atoms with van der Waals surface area (Å²) >= 11 is 0.949. The van der Waals surface area contributed by atoms with E-state index in [1.54, 1.807) is 45.9 Å². The van der Waals surface area contributed by atoms with Gasteiger partial charge in [-0.15, -0.1) is 0 Å². The quantitative estimate of drug-likeness (QED) is 0.306. The first-order valence-electron chi connectivity index (χ1n) is 13.4. The second-order valence-electron chi connectivity index (χ2n) is 10.4. The number of aliphatic hydroxyl groups excluding tert-OH is 1. The van der Waals surface area contributed by atoms with Crippen molar-refractivity contribution in [2.24, 2.45) is 0 Å². The van der Waals surface area contributed by atoms with Crippen LogP contribution in [-0.2, 0) is 22.6 Å². The summed E-state index contributed by atoms with van der Waals surface area (Å²) in [5.74, 6) is -0.634. The van der Waals surface area contributed by atoms with E-state index >= 15 is 0 Å². The number of aromatic carboxylic acids is 1. The van der Waals surface area contributed by atoms with Crippen LogP contribution in [0.2, 0.25) is 0 Å². The minimum absolute atomic E-state index is 0.0520. The van der Waals surface area contributed by atoms with E-state index in [1.807, 2.05) is 0 Å². The second kappa shape index (κ2) is 11.0. The summed E-state index contributed by atoms with van der Waals surface area (Å²) in [6.45, 7) is 3.60. The van der Waals surface area contributed by atoms with Crippen LogP contribution in [0.3, 0.4) is 0 Å². The predicted octanol–water partition coefficient (Wildman–Crippen LogP) is 0.916. The predicted molar refractivity (Wildman–Crippen MR) is 152 cm³/mol. The van der Waals surface area contributed by atoms with Crippen molar-refractivity contribution in [2.45, 2.75) is 32.4 Å². The van der Waals surface area contributed by atoms with Gasteiger partial charge in [-0.05, 0) is 31.0 Å². The van der Waals surface area contributed by atoms with E-state index in [0.29, 0.717) is 61.1 Å². The number of hydrogen-bond acceptors (Lipinski definition) is 11. The van der Waals surface area contributed by atoms with Gasteiger partial charge < -0.3 is 25.3 Å². The molecule has 5 heterocycles. The molecule has 1 aromatic carbocycles. The number of carboxylic acid groups (broad SMARTS) is 1. The van der Waals surface area contributed by atoms with E-state index in [-0.39, 0.29) is 53.2 Å². The SMILES string of the molecule is Cc1nc(Nc2nc(N3CCNC(=O)C3)c3c(n2)N(Cc2ccc(C(=O)N4CCC(O)C4)cc2)C(=O)C3)sc1C(=O)O. The molecule has 218 valence electrons. The summed E-state index contributed by atoms with van der Waals surface area (Å²) in [5.41, 5.74) is 2.23. The van der Waals surface area contributed by atoms with Crippen LogP contribution in [0.4, 0.5) is 22.7 Å². The molecule has 3 aromatic rings. The molecule has 2 fully saturated rings. The minimum Gasteiger partial charge on any atom is -0.477 e. The molecule has 1 unspecified atom stereocenters. The molecule has 42 heavy (non-hydrogen) atoms. The molecule has 3 aliphatic rings. The van der Waals surface area contributed by atoms with Crippen LogP contribution in [0.25, 0.3) is 0 Å². The number of piperazine rings is 1. The Bertz CT molecular complexity index is 1590. The van der Waals surface area contributed by atoms with Crippen molar-refractivity contribution in [1.82, 2.24) is 25.2 Å². The molecule has 0 spiro atoms. The van der Waals surface area contributed by atoms with Gasteiger partial charge in [0, 0.05) is 37.3 Å². The number of carboxylic acids is 1. The zero-order valence-corrected chi connectivity index (χ0v) is 23.5. The third-order valence-corrected chi connectivity index (χ3v) is 8.45. The number of nitrogens with one attached hydrogen (secondary N) is 2. The van der Waals surface area contributed by atoms with Crippen LogP contribution in [0.5, 0.6) is 0 Å². The lowest BCUT2D eigenvalue weighted by Gasteiger charge is -2.29. The summed E-state index contributed by atoms with van der Waals surface area (Å²) in [6, 6.07) is 6.98. The highest BCUT2D eigenvalue weighted by Gasteiger charge is 2.35. The third kappa shape index (κ3) is 5.35. The van der Waals surface area contributed by atoms with Crippen molar-refractivity contribution in [3.63, 3.8) is 0 Å². The number of aliphatic hydroxyl groups is 1. The zero-order chi connectivity index (χ0) is 29.5. The van der Waals surface area contributed by atoms with Crippen LogP contribution >= 0.6 is 11.3 Å². The normalized spacial score (nSPS) is 18.3. The maximum atomic E-state index is 13.3. The molecule has 1 atom stereocenters.